The largest absolute Gasteiger partial charge is 0.466 e. The van der Waals surface area contributed by atoms with Gasteiger partial charge in [-0.25, -0.2) is 0 Å². The van der Waals surface area contributed by atoms with Crippen LogP contribution in [-0.2, 0) is 14.3 Å². The normalized spacial score (nSPS) is 12.6. The van der Waals surface area contributed by atoms with Crippen LogP contribution in [0.3, 0.4) is 0 Å². The van der Waals surface area contributed by atoms with Crippen molar-refractivity contribution in [1.29, 1.82) is 0 Å². The van der Waals surface area contributed by atoms with E-state index in [2.05, 4.69) is 19.2 Å². The topological polar surface area (TPSA) is 95.9 Å². The number of hydrogen-bond acceptors (Lipinski definition) is 5. The molecule has 6 heteroatoms. The second-order valence-electron chi connectivity index (χ2n) is 19.6. The second kappa shape index (κ2) is 53.2. The standard InChI is InChI=1S/C57H111NO5/c1-3-5-7-9-11-13-15-17-26-29-33-37-41-45-49-55(60)54(53-59)58-56(61)50-46-42-38-34-30-27-24-22-20-18-19-21-23-25-28-32-36-40-44-48-52-63-57(62)51-47-43-39-35-31-16-14-12-10-8-6-4-2/h45,49,54-55,59-60H,3-44,46-48,50-53H2,1-2H3,(H,58,61)/b49-45+. The molecule has 2 atom stereocenters. The van der Waals surface area contributed by atoms with Crippen LogP contribution in [0.15, 0.2) is 12.2 Å². The second-order valence-corrected chi connectivity index (χ2v) is 19.6. The Morgan fingerprint density at radius 3 is 1.08 bits per heavy atom. The summed E-state index contributed by atoms with van der Waals surface area (Å²) in [5, 5.41) is 23.1. The molecule has 0 aromatic carbocycles. The maximum Gasteiger partial charge on any atom is 0.305 e. The molecule has 0 heterocycles. The molecule has 6 nitrogen and oxygen atoms in total. The van der Waals surface area contributed by atoms with Crippen molar-refractivity contribution in [3.05, 3.63) is 12.2 Å². The third-order valence-electron chi connectivity index (χ3n) is 13.3. The van der Waals surface area contributed by atoms with E-state index in [9.17, 15) is 19.8 Å². The maximum atomic E-state index is 12.4. The smallest absolute Gasteiger partial charge is 0.305 e. The molecule has 1 amide bonds. The number of hydrogen-bond donors (Lipinski definition) is 3. The van der Waals surface area contributed by atoms with Crippen molar-refractivity contribution in [1.82, 2.24) is 5.32 Å². The van der Waals surface area contributed by atoms with Crippen LogP contribution in [0.5, 0.6) is 0 Å². The summed E-state index contributed by atoms with van der Waals surface area (Å²) in [7, 11) is 0. The fourth-order valence-electron chi connectivity index (χ4n) is 8.93. The van der Waals surface area contributed by atoms with Gasteiger partial charge in [-0.05, 0) is 32.1 Å². The third-order valence-corrected chi connectivity index (χ3v) is 13.3. The highest BCUT2D eigenvalue weighted by Crippen LogP contribution is 2.17. The first-order valence-electron chi connectivity index (χ1n) is 28.5. The van der Waals surface area contributed by atoms with E-state index in [0.29, 0.717) is 19.4 Å². The van der Waals surface area contributed by atoms with E-state index in [1.165, 1.54) is 250 Å². The molecule has 0 saturated carbocycles. The van der Waals surface area contributed by atoms with E-state index in [-0.39, 0.29) is 18.5 Å². The van der Waals surface area contributed by atoms with Gasteiger partial charge in [0.15, 0.2) is 0 Å². The van der Waals surface area contributed by atoms with E-state index in [0.717, 1.165) is 38.5 Å². The van der Waals surface area contributed by atoms with E-state index >= 15 is 0 Å². The van der Waals surface area contributed by atoms with Crippen molar-refractivity contribution in [2.45, 2.75) is 328 Å². The Balaban J connectivity index is 3.41. The molecule has 63 heavy (non-hydrogen) atoms. The first-order valence-corrected chi connectivity index (χ1v) is 28.5. The Morgan fingerprint density at radius 1 is 0.429 bits per heavy atom. The highest BCUT2D eigenvalue weighted by atomic mass is 16.5. The summed E-state index contributed by atoms with van der Waals surface area (Å²) in [4.78, 5) is 24.4. The number of nitrogens with one attached hydrogen (secondary N) is 1. The summed E-state index contributed by atoms with van der Waals surface area (Å²) in [5.74, 6) is -0.0575. The number of aliphatic hydroxyl groups is 2. The minimum absolute atomic E-state index is 0.0109. The zero-order valence-electron chi connectivity index (χ0n) is 42.6. The first-order chi connectivity index (χ1) is 31.0. The minimum Gasteiger partial charge on any atom is -0.466 e. The predicted molar refractivity (Wildman–Crippen MR) is 273 cm³/mol. The summed E-state index contributed by atoms with van der Waals surface area (Å²) in [6, 6.07) is -0.627. The molecule has 374 valence electrons. The molecular formula is C57H111NO5. The van der Waals surface area contributed by atoms with Crippen molar-refractivity contribution < 1.29 is 24.5 Å². The Bertz CT molecular complexity index is 939. The monoisotopic (exact) mass is 890 g/mol. The quantitative estimate of drug-likeness (QED) is 0.0321. The lowest BCUT2D eigenvalue weighted by Crippen LogP contribution is -2.45. The number of carbonyl (C=O) groups is 2. The van der Waals surface area contributed by atoms with E-state index in [1.54, 1.807) is 6.08 Å². The van der Waals surface area contributed by atoms with Crippen molar-refractivity contribution in [3.8, 4) is 0 Å². The molecule has 0 radical (unpaired) electrons. The van der Waals surface area contributed by atoms with Crippen LogP contribution >= 0.6 is 0 Å². The van der Waals surface area contributed by atoms with Crippen LogP contribution in [0.4, 0.5) is 0 Å². The predicted octanol–water partition coefficient (Wildman–Crippen LogP) is 17.3. The molecule has 0 aliphatic heterocycles. The lowest BCUT2D eigenvalue weighted by molar-refractivity contribution is -0.143. The molecule has 0 aromatic rings. The molecule has 0 spiro atoms. The van der Waals surface area contributed by atoms with Crippen LogP contribution in [0.25, 0.3) is 0 Å². The Kier molecular flexibility index (Phi) is 52.0. The van der Waals surface area contributed by atoms with Gasteiger partial charge in [-0.15, -0.1) is 0 Å². The number of esters is 1. The van der Waals surface area contributed by atoms with Crippen molar-refractivity contribution in [2.75, 3.05) is 13.2 Å². The molecule has 2 unspecified atom stereocenters. The minimum atomic E-state index is -0.844. The SMILES string of the molecule is CCCCCCCCCCCCCC/C=C/C(O)C(CO)NC(=O)CCCCCCCCCCCCCCCCCCCCCCOC(=O)CCCCCCCCCCCCCC. The van der Waals surface area contributed by atoms with Gasteiger partial charge in [0.05, 0.1) is 25.4 Å². The maximum absolute atomic E-state index is 12.4. The molecule has 0 rings (SSSR count). The van der Waals surface area contributed by atoms with Gasteiger partial charge in [0.2, 0.25) is 5.91 Å². The molecule has 0 aromatic heterocycles. The lowest BCUT2D eigenvalue weighted by atomic mass is 10.0. The highest BCUT2D eigenvalue weighted by molar-refractivity contribution is 5.76. The van der Waals surface area contributed by atoms with Gasteiger partial charge in [-0.2, -0.15) is 0 Å². The highest BCUT2D eigenvalue weighted by Gasteiger charge is 2.18. The summed E-state index contributed by atoms with van der Waals surface area (Å²) in [6.45, 7) is 4.91. The lowest BCUT2D eigenvalue weighted by Gasteiger charge is -2.20. The van der Waals surface area contributed by atoms with Gasteiger partial charge in [0, 0.05) is 12.8 Å². The van der Waals surface area contributed by atoms with Crippen molar-refractivity contribution in [2.24, 2.45) is 0 Å². The number of aliphatic hydroxyl groups excluding tert-OH is 2. The average molecular weight is 891 g/mol. The van der Waals surface area contributed by atoms with E-state index in [1.807, 2.05) is 6.08 Å². The number of amides is 1. The zero-order valence-corrected chi connectivity index (χ0v) is 42.6. The van der Waals surface area contributed by atoms with Gasteiger partial charge in [-0.3, -0.25) is 9.59 Å². The van der Waals surface area contributed by atoms with Crippen LogP contribution in [0, 0.1) is 0 Å². The molecule has 3 N–H and O–H groups in total. The Labute approximate surface area is 393 Å². The van der Waals surface area contributed by atoms with Crippen molar-refractivity contribution >= 4 is 11.9 Å². The summed E-state index contributed by atoms with van der Waals surface area (Å²) in [6.07, 6.45) is 62.3. The van der Waals surface area contributed by atoms with Gasteiger partial charge in [-0.1, -0.05) is 283 Å². The number of ether oxygens (including phenoxy) is 1. The molecule has 0 bridgehead atoms. The number of rotatable bonds is 53. The third kappa shape index (κ3) is 49.9. The first kappa shape index (κ1) is 61.6. The van der Waals surface area contributed by atoms with E-state index in [4.69, 9.17) is 4.74 Å². The summed E-state index contributed by atoms with van der Waals surface area (Å²) >= 11 is 0. The Morgan fingerprint density at radius 2 is 0.730 bits per heavy atom. The van der Waals surface area contributed by atoms with Crippen LogP contribution < -0.4 is 5.32 Å². The number of carbonyl (C=O) groups excluding carboxylic acids is 2. The summed E-state index contributed by atoms with van der Waals surface area (Å²) in [5.41, 5.74) is 0. The van der Waals surface area contributed by atoms with Gasteiger partial charge < -0.3 is 20.3 Å². The molecule has 0 fully saturated rings. The van der Waals surface area contributed by atoms with Gasteiger partial charge >= 0.3 is 5.97 Å². The fraction of sp³-hybridized carbons (Fsp3) is 0.930. The van der Waals surface area contributed by atoms with Gasteiger partial charge in [0.25, 0.3) is 0 Å². The fourth-order valence-corrected chi connectivity index (χ4v) is 8.93. The Hall–Kier alpha value is -1.40. The number of allylic oxidation sites excluding steroid dienone is 1. The number of unbranched alkanes of at least 4 members (excludes halogenated alkanes) is 42. The van der Waals surface area contributed by atoms with Crippen molar-refractivity contribution in [3.63, 3.8) is 0 Å². The molecule has 0 aliphatic carbocycles. The van der Waals surface area contributed by atoms with Gasteiger partial charge in [0.1, 0.15) is 0 Å². The molecule has 0 aliphatic rings. The van der Waals surface area contributed by atoms with Crippen LogP contribution in [0.1, 0.15) is 316 Å². The average Bonchev–Trinajstić information content (AvgIpc) is 3.28. The van der Waals surface area contributed by atoms with Crippen LogP contribution in [-0.4, -0.2) is 47.4 Å². The van der Waals surface area contributed by atoms with E-state index < -0.39 is 12.1 Å². The zero-order chi connectivity index (χ0) is 45.8. The molecular weight excluding hydrogens is 779 g/mol. The van der Waals surface area contributed by atoms with Crippen LogP contribution in [0.2, 0.25) is 0 Å². The molecule has 0 saturated heterocycles. The summed E-state index contributed by atoms with van der Waals surface area (Å²) < 4.78 is 5.47.